The standard InChI is InChI=1S/C15H23N/c1-12-4-3-5-14(10-12)7-6-13(2)11-16-15-8-9-15/h3-5,10,13,15-16H,6-9,11H2,1-2H3. The van der Waals surface area contributed by atoms with Crippen LogP contribution in [0.2, 0.25) is 0 Å². The number of rotatable bonds is 6. The van der Waals surface area contributed by atoms with Crippen LogP contribution in [0.25, 0.3) is 0 Å². The van der Waals surface area contributed by atoms with Gasteiger partial charge in [-0.3, -0.25) is 0 Å². The third-order valence-electron chi connectivity index (χ3n) is 3.34. The van der Waals surface area contributed by atoms with Gasteiger partial charge in [-0.15, -0.1) is 0 Å². The van der Waals surface area contributed by atoms with E-state index in [0.29, 0.717) is 0 Å². The van der Waals surface area contributed by atoms with E-state index in [0.717, 1.165) is 12.0 Å². The molecular formula is C15H23N. The van der Waals surface area contributed by atoms with Gasteiger partial charge in [0.15, 0.2) is 0 Å². The Morgan fingerprint density at radius 2 is 2.19 bits per heavy atom. The van der Waals surface area contributed by atoms with Gasteiger partial charge in [-0.2, -0.15) is 0 Å². The van der Waals surface area contributed by atoms with Crippen LogP contribution in [0.1, 0.15) is 37.3 Å². The maximum Gasteiger partial charge on any atom is 0.00683 e. The van der Waals surface area contributed by atoms with E-state index in [9.17, 15) is 0 Å². The molecule has 16 heavy (non-hydrogen) atoms. The Hall–Kier alpha value is -0.820. The second kappa shape index (κ2) is 5.49. The highest BCUT2D eigenvalue weighted by Crippen LogP contribution is 2.19. The first-order valence-corrected chi connectivity index (χ1v) is 6.53. The molecule has 1 aromatic carbocycles. The zero-order chi connectivity index (χ0) is 11.4. The summed E-state index contributed by atoms with van der Waals surface area (Å²) in [7, 11) is 0. The number of aryl methyl sites for hydroxylation is 2. The Kier molecular flexibility index (Phi) is 4.00. The molecule has 1 saturated carbocycles. The summed E-state index contributed by atoms with van der Waals surface area (Å²) in [6, 6.07) is 9.73. The molecule has 2 rings (SSSR count). The lowest BCUT2D eigenvalue weighted by molar-refractivity contribution is 0.480. The fraction of sp³-hybridized carbons (Fsp3) is 0.600. The largest absolute Gasteiger partial charge is 0.314 e. The number of hydrogen-bond acceptors (Lipinski definition) is 1. The van der Waals surface area contributed by atoms with Gasteiger partial charge in [-0.05, 0) is 50.6 Å². The van der Waals surface area contributed by atoms with E-state index in [2.05, 4.69) is 43.4 Å². The topological polar surface area (TPSA) is 12.0 Å². The average Bonchev–Trinajstić information content (AvgIpc) is 3.07. The SMILES string of the molecule is Cc1cccc(CCC(C)CNC2CC2)c1. The summed E-state index contributed by atoms with van der Waals surface area (Å²) < 4.78 is 0. The Morgan fingerprint density at radius 3 is 2.88 bits per heavy atom. The molecule has 1 nitrogen and oxygen atoms in total. The van der Waals surface area contributed by atoms with Gasteiger partial charge in [0.1, 0.15) is 0 Å². The van der Waals surface area contributed by atoms with Crippen LogP contribution in [0.3, 0.4) is 0 Å². The molecule has 88 valence electrons. The Balaban J connectivity index is 1.69. The molecular weight excluding hydrogens is 194 g/mol. The zero-order valence-electron chi connectivity index (χ0n) is 10.5. The second-order valence-electron chi connectivity index (χ2n) is 5.32. The van der Waals surface area contributed by atoms with Crippen molar-refractivity contribution >= 4 is 0 Å². The van der Waals surface area contributed by atoms with E-state index in [1.165, 1.54) is 43.4 Å². The van der Waals surface area contributed by atoms with E-state index in [1.54, 1.807) is 0 Å². The van der Waals surface area contributed by atoms with Crippen molar-refractivity contribution < 1.29 is 0 Å². The lowest BCUT2D eigenvalue weighted by atomic mass is 10.00. The first kappa shape index (κ1) is 11.7. The molecule has 1 unspecified atom stereocenters. The van der Waals surface area contributed by atoms with Crippen molar-refractivity contribution in [2.75, 3.05) is 6.54 Å². The fourth-order valence-corrected chi connectivity index (χ4v) is 2.04. The summed E-state index contributed by atoms with van der Waals surface area (Å²) in [4.78, 5) is 0. The van der Waals surface area contributed by atoms with Gasteiger partial charge in [-0.25, -0.2) is 0 Å². The lowest BCUT2D eigenvalue weighted by Crippen LogP contribution is -2.23. The quantitative estimate of drug-likeness (QED) is 0.771. The first-order valence-electron chi connectivity index (χ1n) is 6.53. The zero-order valence-corrected chi connectivity index (χ0v) is 10.5. The molecule has 0 spiro atoms. The highest BCUT2D eigenvalue weighted by atomic mass is 14.9. The summed E-state index contributed by atoms with van der Waals surface area (Å²) in [6.45, 7) is 5.71. The minimum absolute atomic E-state index is 0.793. The molecule has 1 fully saturated rings. The van der Waals surface area contributed by atoms with E-state index in [-0.39, 0.29) is 0 Å². The van der Waals surface area contributed by atoms with Crippen LogP contribution in [0.5, 0.6) is 0 Å². The van der Waals surface area contributed by atoms with E-state index >= 15 is 0 Å². The van der Waals surface area contributed by atoms with Gasteiger partial charge >= 0.3 is 0 Å². The average molecular weight is 217 g/mol. The molecule has 1 aliphatic rings. The molecule has 0 aliphatic heterocycles. The number of benzene rings is 1. The normalized spacial score (nSPS) is 17.4. The van der Waals surface area contributed by atoms with Crippen molar-refractivity contribution in [2.24, 2.45) is 5.92 Å². The smallest absolute Gasteiger partial charge is 0.00683 e. The molecule has 1 heteroatoms. The van der Waals surface area contributed by atoms with Crippen molar-refractivity contribution in [1.82, 2.24) is 5.32 Å². The van der Waals surface area contributed by atoms with Crippen molar-refractivity contribution in [2.45, 2.75) is 45.6 Å². The minimum atomic E-state index is 0.793. The van der Waals surface area contributed by atoms with Gasteiger partial charge in [0.25, 0.3) is 0 Å². The van der Waals surface area contributed by atoms with Crippen molar-refractivity contribution in [3.05, 3.63) is 35.4 Å². The summed E-state index contributed by atoms with van der Waals surface area (Å²) >= 11 is 0. The summed E-state index contributed by atoms with van der Waals surface area (Å²) in [6.07, 6.45) is 5.30. The molecule has 0 radical (unpaired) electrons. The first-order chi connectivity index (χ1) is 7.74. The highest BCUT2D eigenvalue weighted by Gasteiger charge is 2.20. The minimum Gasteiger partial charge on any atom is -0.314 e. The van der Waals surface area contributed by atoms with Crippen molar-refractivity contribution in [3.8, 4) is 0 Å². The predicted molar refractivity (Wildman–Crippen MR) is 69.7 cm³/mol. The fourth-order valence-electron chi connectivity index (χ4n) is 2.04. The molecule has 0 saturated heterocycles. The molecule has 1 atom stereocenters. The van der Waals surface area contributed by atoms with Gasteiger partial charge in [0, 0.05) is 6.04 Å². The maximum atomic E-state index is 3.60. The maximum absolute atomic E-state index is 3.60. The van der Waals surface area contributed by atoms with E-state index in [4.69, 9.17) is 0 Å². The van der Waals surface area contributed by atoms with Crippen LogP contribution in [-0.4, -0.2) is 12.6 Å². The van der Waals surface area contributed by atoms with Crippen LogP contribution in [-0.2, 0) is 6.42 Å². The van der Waals surface area contributed by atoms with Gasteiger partial charge in [0.2, 0.25) is 0 Å². The number of hydrogen-bond donors (Lipinski definition) is 1. The second-order valence-corrected chi connectivity index (χ2v) is 5.32. The van der Waals surface area contributed by atoms with Crippen molar-refractivity contribution in [3.63, 3.8) is 0 Å². The van der Waals surface area contributed by atoms with Crippen LogP contribution < -0.4 is 5.32 Å². The predicted octanol–water partition coefficient (Wildman–Crippen LogP) is 3.32. The lowest BCUT2D eigenvalue weighted by Gasteiger charge is -2.12. The van der Waals surface area contributed by atoms with Crippen LogP contribution in [0, 0.1) is 12.8 Å². The summed E-state index contributed by atoms with van der Waals surface area (Å²) in [5, 5.41) is 3.60. The molecule has 0 amide bonds. The van der Waals surface area contributed by atoms with Crippen LogP contribution in [0.15, 0.2) is 24.3 Å². The third kappa shape index (κ3) is 3.97. The van der Waals surface area contributed by atoms with Crippen molar-refractivity contribution in [1.29, 1.82) is 0 Å². The van der Waals surface area contributed by atoms with E-state index in [1.807, 2.05) is 0 Å². The monoisotopic (exact) mass is 217 g/mol. The molecule has 0 aromatic heterocycles. The van der Waals surface area contributed by atoms with Gasteiger partial charge in [0.05, 0.1) is 0 Å². The molecule has 1 aliphatic carbocycles. The molecule has 0 heterocycles. The molecule has 0 bridgehead atoms. The summed E-state index contributed by atoms with van der Waals surface area (Å²) in [5.41, 5.74) is 2.86. The number of nitrogens with one attached hydrogen (secondary N) is 1. The van der Waals surface area contributed by atoms with Crippen LogP contribution in [0.4, 0.5) is 0 Å². The Bertz CT molecular complexity index is 328. The van der Waals surface area contributed by atoms with Gasteiger partial charge in [-0.1, -0.05) is 36.8 Å². The molecule has 1 N–H and O–H groups in total. The van der Waals surface area contributed by atoms with Gasteiger partial charge < -0.3 is 5.32 Å². The summed E-state index contributed by atoms with van der Waals surface area (Å²) in [5.74, 6) is 0.793. The van der Waals surface area contributed by atoms with Crippen LogP contribution >= 0.6 is 0 Å². The van der Waals surface area contributed by atoms with E-state index < -0.39 is 0 Å². The molecule has 1 aromatic rings. The Morgan fingerprint density at radius 1 is 1.38 bits per heavy atom. The third-order valence-corrected chi connectivity index (χ3v) is 3.34. The Labute approximate surface area is 99.3 Å². The highest BCUT2D eigenvalue weighted by molar-refractivity contribution is 5.22.